The number of nitrogens with zero attached hydrogens (tertiary/aromatic N) is 2. The van der Waals surface area contributed by atoms with Gasteiger partial charge < -0.3 is 13.9 Å². The van der Waals surface area contributed by atoms with Crippen molar-refractivity contribution in [1.82, 2.24) is 4.57 Å². The van der Waals surface area contributed by atoms with Crippen molar-refractivity contribution in [3.05, 3.63) is 243 Å². The SMILES string of the molecule is c1cc(-c2ccc(N(c3ccc(-c4cccc5ccccc45)cc3)c3ccccc3-c3ccc4oc5c6ccccc6ccc5c4c3)cc2)cc(-n2c3ccccc3c3ccccc32)c1. The Bertz CT molecular complexity index is 3890. The lowest BCUT2D eigenvalue weighted by Crippen LogP contribution is -2.11. The van der Waals surface area contributed by atoms with Crippen LogP contribution in [0.4, 0.5) is 17.1 Å². The molecule has 304 valence electrons. The maximum atomic E-state index is 6.55. The van der Waals surface area contributed by atoms with E-state index in [0.717, 1.165) is 72.3 Å². The first-order valence-corrected chi connectivity index (χ1v) is 22.2. The number of anilines is 3. The first kappa shape index (κ1) is 36.9. The molecule has 13 rings (SSSR count). The number of hydrogen-bond donors (Lipinski definition) is 0. The maximum absolute atomic E-state index is 6.55. The van der Waals surface area contributed by atoms with Gasteiger partial charge in [-0.2, -0.15) is 0 Å². The van der Waals surface area contributed by atoms with Crippen molar-refractivity contribution in [3.63, 3.8) is 0 Å². The van der Waals surface area contributed by atoms with Crippen molar-refractivity contribution in [2.45, 2.75) is 0 Å². The highest BCUT2D eigenvalue weighted by molar-refractivity contribution is 6.16. The summed E-state index contributed by atoms with van der Waals surface area (Å²) >= 11 is 0. The molecule has 2 heterocycles. The lowest BCUT2D eigenvalue weighted by Gasteiger charge is -2.28. The van der Waals surface area contributed by atoms with Crippen LogP contribution in [0.25, 0.3) is 104 Å². The average Bonchev–Trinajstić information content (AvgIpc) is 3.93. The molecule has 0 unspecified atom stereocenters. The van der Waals surface area contributed by atoms with Crippen molar-refractivity contribution in [2.24, 2.45) is 0 Å². The van der Waals surface area contributed by atoms with Crippen LogP contribution in [0.5, 0.6) is 0 Å². The van der Waals surface area contributed by atoms with E-state index in [2.05, 4.69) is 252 Å². The minimum absolute atomic E-state index is 0.885. The molecule has 0 aliphatic carbocycles. The molecule has 0 radical (unpaired) electrons. The van der Waals surface area contributed by atoms with Gasteiger partial charge in [-0.3, -0.25) is 0 Å². The molecule has 0 atom stereocenters. The zero-order valence-electron chi connectivity index (χ0n) is 35.4. The molecule has 0 aliphatic heterocycles. The van der Waals surface area contributed by atoms with Crippen LogP contribution in [0.3, 0.4) is 0 Å². The largest absolute Gasteiger partial charge is 0.455 e. The highest BCUT2D eigenvalue weighted by Crippen LogP contribution is 2.44. The minimum Gasteiger partial charge on any atom is -0.455 e. The van der Waals surface area contributed by atoms with Gasteiger partial charge in [-0.05, 0) is 117 Å². The molecule has 65 heavy (non-hydrogen) atoms. The zero-order chi connectivity index (χ0) is 42.8. The van der Waals surface area contributed by atoms with Crippen LogP contribution in [0.1, 0.15) is 0 Å². The Labute approximate surface area is 376 Å². The normalized spacial score (nSPS) is 11.7. The second-order valence-electron chi connectivity index (χ2n) is 16.9. The van der Waals surface area contributed by atoms with Crippen molar-refractivity contribution in [2.75, 3.05) is 4.90 Å². The predicted molar refractivity (Wildman–Crippen MR) is 274 cm³/mol. The zero-order valence-corrected chi connectivity index (χ0v) is 35.4. The van der Waals surface area contributed by atoms with Crippen molar-refractivity contribution in [1.29, 1.82) is 0 Å². The molecular weight excluding hydrogens is 789 g/mol. The molecule has 0 N–H and O–H groups in total. The number of aromatic nitrogens is 1. The average molecular weight is 829 g/mol. The molecule has 2 aromatic heterocycles. The molecule has 0 fully saturated rings. The summed E-state index contributed by atoms with van der Waals surface area (Å²) in [6, 6.07) is 87.7. The first-order chi connectivity index (χ1) is 32.2. The van der Waals surface area contributed by atoms with Gasteiger partial charge in [-0.1, -0.05) is 170 Å². The third kappa shape index (κ3) is 6.12. The van der Waals surface area contributed by atoms with Gasteiger partial charge in [0.1, 0.15) is 11.2 Å². The maximum Gasteiger partial charge on any atom is 0.143 e. The van der Waals surface area contributed by atoms with Gasteiger partial charge in [-0.15, -0.1) is 0 Å². The number of hydrogen-bond acceptors (Lipinski definition) is 2. The number of fused-ring (bicyclic) bond motifs is 9. The third-order valence-electron chi connectivity index (χ3n) is 13.2. The molecule has 0 spiro atoms. The summed E-state index contributed by atoms with van der Waals surface area (Å²) in [7, 11) is 0. The van der Waals surface area contributed by atoms with Crippen molar-refractivity contribution in [3.8, 4) is 39.1 Å². The Morgan fingerprint density at radius 3 is 1.65 bits per heavy atom. The molecule has 11 aromatic carbocycles. The summed E-state index contributed by atoms with van der Waals surface area (Å²) in [5.74, 6) is 0. The predicted octanol–water partition coefficient (Wildman–Crippen LogP) is 17.5. The highest BCUT2D eigenvalue weighted by atomic mass is 16.3. The van der Waals surface area contributed by atoms with E-state index in [0.29, 0.717) is 0 Å². The smallest absolute Gasteiger partial charge is 0.143 e. The molecule has 3 nitrogen and oxygen atoms in total. The third-order valence-corrected chi connectivity index (χ3v) is 13.2. The van der Waals surface area contributed by atoms with Gasteiger partial charge >= 0.3 is 0 Å². The Morgan fingerprint density at radius 1 is 0.323 bits per heavy atom. The molecular formula is C62H40N2O. The highest BCUT2D eigenvalue weighted by Gasteiger charge is 2.20. The molecule has 0 saturated heterocycles. The van der Waals surface area contributed by atoms with Crippen LogP contribution >= 0.6 is 0 Å². The molecule has 0 bridgehead atoms. The summed E-state index contributed by atoms with van der Waals surface area (Å²) in [4.78, 5) is 2.39. The fraction of sp³-hybridized carbons (Fsp3) is 0. The Balaban J connectivity index is 0.934. The van der Waals surface area contributed by atoms with E-state index in [1.165, 1.54) is 49.1 Å². The first-order valence-electron chi connectivity index (χ1n) is 22.2. The summed E-state index contributed by atoms with van der Waals surface area (Å²) in [6.07, 6.45) is 0. The molecule has 0 aliphatic rings. The molecule has 13 aromatic rings. The Morgan fingerprint density at radius 2 is 0.892 bits per heavy atom. The fourth-order valence-electron chi connectivity index (χ4n) is 10.1. The van der Waals surface area contributed by atoms with Crippen molar-refractivity contribution >= 4 is 82.4 Å². The summed E-state index contributed by atoms with van der Waals surface area (Å²) in [5.41, 5.74) is 15.6. The van der Waals surface area contributed by atoms with E-state index in [-0.39, 0.29) is 0 Å². The summed E-state index contributed by atoms with van der Waals surface area (Å²) in [6.45, 7) is 0. The van der Waals surface area contributed by atoms with Crippen LogP contribution in [-0.4, -0.2) is 4.57 Å². The number of rotatable bonds is 7. The molecule has 0 amide bonds. The van der Waals surface area contributed by atoms with E-state index in [1.807, 2.05) is 0 Å². The van der Waals surface area contributed by atoms with Crippen LogP contribution in [0.2, 0.25) is 0 Å². The quantitative estimate of drug-likeness (QED) is 0.160. The van der Waals surface area contributed by atoms with Crippen LogP contribution in [-0.2, 0) is 0 Å². The van der Waals surface area contributed by atoms with Gasteiger partial charge in [-0.25, -0.2) is 0 Å². The number of para-hydroxylation sites is 3. The monoisotopic (exact) mass is 828 g/mol. The van der Waals surface area contributed by atoms with E-state index in [1.54, 1.807) is 0 Å². The van der Waals surface area contributed by atoms with Gasteiger partial charge in [0.25, 0.3) is 0 Å². The Hall–Kier alpha value is -8.66. The second kappa shape index (κ2) is 15.0. The van der Waals surface area contributed by atoms with Gasteiger partial charge in [0.2, 0.25) is 0 Å². The molecule has 0 saturated carbocycles. The number of furan rings is 1. The molecule has 3 heteroatoms. The van der Waals surface area contributed by atoms with E-state index in [4.69, 9.17) is 4.42 Å². The lowest BCUT2D eigenvalue weighted by atomic mass is 9.97. The van der Waals surface area contributed by atoms with Crippen LogP contribution in [0, 0.1) is 0 Å². The lowest BCUT2D eigenvalue weighted by molar-refractivity contribution is 0.672. The van der Waals surface area contributed by atoms with E-state index in [9.17, 15) is 0 Å². The fourth-order valence-corrected chi connectivity index (χ4v) is 10.1. The van der Waals surface area contributed by atoms with Crippen LogP contribution in [0.15, 0.2) is 247 Å². The number of benzene rings is 11. The topological polar surface area (TPSA) is 21.3 Å². The van der Waals surface area contributed by atoms with E-state index >= 15 is 0 Å². The summed E-state index contributed by atoms with van der Waals surface area (Å²) < 4.78 is 8.93. The summed E-state index contributed by atoms with van der Waals surface area (Å²) in [5, 5.41) is 9.54. The van der Waals surface area contributed by atoms with Gasteiger partial charge in [0.05, 0.1) is 16.7 Å². The second-order valence-corrected chi connectivity index (χ2v) is 16.9. The standard InChI is InChI=1S/C62H40N2O/c1-3-18-50-42(13-1)15-12-23-51(50)44-29-35-48(36-30-44)63(58-24-8-5-19-52(58)46-32-38-61-57(40-46)56-37-31-43-14-2-4-20-53(43)62(56)65-61)47-33-27-41(28-34-47)45-16-11-17-49(39-45)64-59-25-9-6-21-54(59)55-22-7-10-26-60(55)64/h1-40H. The van der Waals surface area contributed by atoms with Crippen molar-refractivity contribution < 1.29 is 4.42 Å². The van der Waals surface area contributed by atoms with Gasteiger partial charge in [0, 0.05) is 49.6 Å². The van der Waals surface area contributed by atoms with Crippen LogP contribution < -0.4 is 4.90 Å². The Kier molecular flexibility index (Phi) is 8.53. The minimum atomic E-state index is 0.885. The van der Waals surface area contributed by atoms with Gasteiger partial charge in [0.15, 0.2) is 0 Å². The van der Waals surface area contributed by atoms with E-state index < -0.39 is 0 Å².